The van der Waals surface area contributed by atoms with Gasteiger partial charge < -0.3 is 15.0 Å². The molecular weight excluding hydrogens is 552 g/mol. The second-order valence-electron chi connectivity index (χ2n) is 7.91. The Balaban J connectivity index is 1.44. The zero-order chi connectivity index (χ0) is 25.8. The summed E-state index contributed by atoms with van der Waals surface area (Å²) in [7, 11) is -3.84. The van der Waals surface area contributed by atoms with Gasteiger partial charge in [-0.15, -0.1) is 0 Å². The average Bonchev–Trinajstić information content (AvgIpc) is 3.18. The van der Waals surface area contributed by atoms with Crippen molar-refractivity contribution in [1.29, 1.82) is 0 Å². The van der Waals surface area contributed by atoms with Crippen molar-refractivity contribution in [3.05, 3.63) is 38.8 Å². The van der Waals surface area contributed by atoms with Crippen LogP contribution in [-0.4, -0.2) is 62.7 Å². The molecule has 1 amide bonds. The van der Waals surface area contributed by atoms with Gasteiger partial charge in [0.25, 0.3) is 5.91 Å². The quantitative estimate of drug-likeness (QED) is 0.427. The zero-order valence-electron chi connectivity index (χ0n) is 18.5. The molecule has 0 aliphatic carbocycles. The van der Waals surface area contributed by atoms with Crippen molar-refractivity contribution >= 4 is 55.6 Å². The molecule has 35 heavy (non-hydrogen) atoms. The lowest BCUT2D eigenvalue weighted by molar-refractivity contribution is -0.141. The first kappa shape index (κ1) is 27.8. The molecule has 1 aliphatic rings. The number of aromatic nitrogens is 1. The molecule has 2 aromatic rings. The van der Waals surface area contributed by atoms with Crippen LogP contribution in [0.2, 0.25) is 10.0 Å². The van der Waals surface area contributed by atoms with Crippen molar-refractivity contribution < 1.29 is 31.1 Å². The molecule has 3 rings (SSSR count). The minimum absolute atomic E-state index is 0.0325. The summed E-state index contributed by atoms with van der Waals surface area (Å²) in [6.45, 7) is 2.35. The smallest absolute Gasteiger partial charge is 0.435 e. The standard InChI is InChI=1S/C20H23Cl2F3N4O4S2/c1-35(31,32)28-19-27-17(20(23,24)25)16(34-19)18(30)26-7-2-8-29-9-5-12(6-10-29)33-13-3-4-14(21)15(22)11-13/h3-4,11-12H,2,5-10H2,1H3,(H,26,30)(H,27,28). The maximum absolute atomic E-state index is 13.3. The molecule has 0 bridgehead atoms. The van der Waals surface area contributed by atoms with Crippen molar-refractivity contribution in [2.45, 2.75) is 31.5 Å². The predicted octanol–water partition coefficient (Wildman–Crippen LogP) is 4.50. The topological polar surface area (TPSA) is 101 Å². The molecule has 1 fully saturated rings. The van der Waals surface area contributed by atoms with Gasteiger partial charge in [0, 0.05) is 25.7 Å². The first-order chi connectivity index (χ1) is 16.3. The number of carbonyl (C=O) groups excluding carboxylic acids is 1. The number of anilines is 1. The summed E-state index contributed by atoms with van der Waals surface area (Å²) < 4.78 is 70.2. The van der Waals surface area contributed by atoms with Gasteiger partial charge in [0.15, 0.2) is 10.8 Å². The number of carbonyl (C=O) groups is 1. The van der Waals surface area contributed by atoms with Gasteiger partial charge in [0.05, 0.1) is 16.3 Å². The number of alkyl halides is 3. The van der Waals surface area contributed by atoms with Crippen LogP contribution in [-0.2, 0) is 16.2 Å². The molecule has 0 unspecified atom stereocenters. The number of halogens is 5. The SMILES string of the molecule is CS(=O)(=O)Nc1nc(C(F)(F)F)c(C(=O)NCCCN2CCC(Oc3ccc(Cl)c(Cl)c3)CC2)s1. The van der Waals surface area contributed by atoms with Crippen LogP contribution in [0.3, 0.4) is 0 Å². The lowest BCUT2D eigenvalue weighted by Gasteiger charge is -2.32. The average molecular weight is 575 g/mol. The molecule has 15 heteroatoms. The van der Waals surface area contributed by atoms with E-state index in [-0.39, 0.29) is 12.6 Å². The highest BCUT2D eigenvalue weighted by Gasteiger charge is 2.40. The van der Waals surface area contributed by atoms with Crippen LogP contribution in [0.15, 0.2) is 18.2 Å². The molecule has 1 aromatic heterocycles. The molecule has 0 radical (unpaired) electrons. The molecule has 8 nitrogen and oxygen atoms in total. The van der Waals surface area contributed by atoms with Crippen LogP contribution >= 0.6 is 34.5 Å². The number of thiazole rings is 1. The van der Waals surface area contributed by atoms with Gasteiger partial charge in [-0.25, -0.2) is 13.4 Å². The molecule has 0 spiro atoms. The molecule has 0 saturated carbocycles. The highest BCUT2D eigenvalue weighted by Crippen LogP contribution is 2.36. The van der Waals surface area contributed by atoms with E-state index in [0.717, 1.165) is 32.2 Å². The minimum Gasteiger partial charge on any atom is -0.490 e. The van der Waals surface area contributed by atoms with Crippen LogP contribution in [0, 0.1) is 0 Å². The molecule has 2 heterocycles. The number of nitrogens with zero attached hydrogens (tertiary/aromatic N) is 2. The van der Waals surface area contributed by atoms with E-state index < -0.39 is 37.8 Å². The summed E-state index contributed by atoms with van der Waals surface area (Å²) in [5.41, 5.74) is -1.42. The van der Waals surface area contributed by atoms with Gasteiger partial charge in [-0.2, -0.15) is 13.2 Å². The van der Waals surface area contributed by atoms with Gasteiger partial charge in [-0.1, -0.05) is 34.5 Å². The summed E-state index contributed by atoms with van der Waals surface area (Å²) in [6, 6.07) is 5.11. The highest BCUT2D eigenvalue weighted by molar-refractivity contribution is 7.92. The zero-order valence-corrected chi connectivity index (χ0v) is 21.6. The van der Waals surface area contributed by atoms with Gasteiger partial charge in [0.1, 0.15) is 16.7 Å². The van der Waals surface area contributed by atoms with E-state index in [1.54, 1.807) is 18.2 Å². The first-order valence-corrected chi connectivity index (χ1v) is 14.0. The second kappa shape index (κ2) is 11.5. The Morgan fingerprint density at radius 1 is 1.26 bits per heavy atom. The van der Waals surface area contributed by atoms with Crippen LogP contribution in [0.1, 0.15) is 34.6 Å². The second-order valence-corrected chi connectivity index (χ2v) is 11.5. The Labute approximate surface area is 214 Å². The fourth-order valence-electron chi connectivity index (χ4n) is 3.45. The van der Waals surface area contributed by atoms with Gasteiger partial charge in [-0.05, 0) is 37.9 Å². The lowest BCUT2D eigenvalue weighted by Crippen LogP contribution is -2.39. The fourth-order valence-corrected chi connectivity index (χ4v) is 5.47. The molecule has 1 saturated heterocycles. The maximum atomic E-state index is 13.3. The third-order valence-corrected chi connectivity index (χ3v) is 7.44. The van der Waals surface area contributed by atoms with E-state index in [1.807, 2.05) is 4.72 Å². The van der Waals surface area contributed by atoms with Crippen LogP contribution < -0.4 is 14.8 Å². The van der Waals surface area contributed by atoms with Gasteiger partial charge in [-0.3, -0.25) is 9.52 Å². The van der Waals surface area contributed by atoms with Crippen molar-refractivity contribution in [3.8, 4) is 5.75 Å². The molecule has 1 aliphatic heterocycles. The number of hydrogen-bond acceptors (Lipinski definition) is 7. The van der Waals surface area contributed by atoms with Crippen molar-refractivity contribution in [3.63, 3.8) is 0 Å². The lowest BCUT2D eigenvalue weighted by atomic mass is 10.1. The predicted molar refractivity (Wildman–Crippen MR) is 129 cm³/mol. The Hall–Kier alpha value is -1.80. The monoisotopic (exact) mass is 574 g/mol. The number of likely N-dealkylation sites (tertiary alicyclic amines) is 1. The van der Waals surface area contributed by atoms with Crippen LogP contribution in [0.4, 0.5) is 18.3 Å². The fraction of sp³-hybridized carbons (Fsp3) is 0.500. The number of piperidine rings is 1. The molecule has 0 atom stereocenters. The number of benzene rings is 1. The summed E-state index contributed by atoms with van der Waals surface area (Å²) in [5, 5.41) is 2.82. The minimum atomic E-state index is -4.90. The van der Waals surface area contributed by atoms with Crippen LogP contribution in [0.25, 0.3) is 0 Å². The maximum Gasteiger partial charge on any atom is 0.435 e. The normalized spacial score (nSPS) is 15.7. The van der Waals surface area contributed by atoms with Crippen molar-refractivity contribution in [1.82, 2.24) is 15.2 Å². The van der Waals surface area contributed by atoms with Crippen molar-refractivity contribution in [2.24, 2.45) is 0 Å². The van der Waals surface area contributed by atoms with E-state index in [4.69, 9.17) is 27.9 Å². The van der Waals surface area contributed by atoms with E-state index in [1.165, 1.54) is 0 Å². The Morgan fingerprint density at radius 3 is 2.54 bits per heavy atom. The summed E-state index contributed by atoms with van der Waals surface area (Å²) in [6.07, 6.45) is -1.98. The Morgan fingerprint density at radius 2 is 1.94 bits per heavy atom. The largest absolute Gasteiger partial charge is 0.490 e. The number of sulfonamides is 1. The Kier molecular flexibility index (Phi) is 9.13. The number of rotatable bonds is 9. The summed E-state index contributed by atoms with van der Waals surface area (Å²) in [4.78, 5) is 17.1. The Bertz CT molecular complexity index is 1150. The summed E-state index contributed by atoms with van der Waals surface area (Å²) >= 11 is 12.3. The highest BCUT2D eigenvalue weighted by atomic mass is 35.5. The first-order valence-electron chi connectivity index (χ1n) is 10.5. The van der Waals surface area contributed by atoms with E-state index in [0.29, 0.717) is 40.1 Å². The number of hydrogen-bond donors (Lipinski definition) is 2. The van der Waals surface area contributed by atoms with Gasteiger partial charge in [0.2, 0.25) is 10.0 Å². The van der Waals surface area contributed by atoms with E-state index in [9.17, 15) is 26.4 Å². The van der Waals surface area contributed by atoms with Crippen molar-refractivity contribution in [2.75, 3.05) is 37.2 Å². The number of amides is 1. The molecule has 2 N–H and O–H groups in total. The van der Waals surface area contributed by atoms with E-state index >= 15 is 0 Å². The third-order valence-electron chi connectivity index (χ3n) is 5.04. The van der Waals surface area contributed by atoms with E-state index in [2.05, 4.69) is 15.2 Å². The number of nitrogens with one attached hydrogen (secondary N) is 2. The third kappa shape index (κ3) is 8.38. The molecular formula is C20H23Cl2F3N4O4S2. The van der Waals surface area contributed by atoms with Crippen LogP contribution in [0.5, 0.6) is 5.75 Å². The van der Waals surface area contributed by atoms with Gasteiger partial charge >= 0.3 is 6.18 Å². The molecule has 1 aromatic carbocycles. The summed E-state index contributed by atoms with van der Waals surface area (Å²) in [5.74, 6) is -0.304. The molecule has 194 valence electrons. The number of ether oxygens (including phenoxy) is 1.